The lowest BCUT2D eigenvalue weighted by molar-refractivity contribution is 0.328. The molecule has 6 heteroatoms. The van der Waals surface area contributed by atoms with E-state index in [1.54, 1.807) is 0 Å². The van der Waals surface area contributed by atoms with Gasteiger partial charge in [0.05, 0.1) is 12.6 Å². The number of hydrogen-bond acceptors (Lipinski definition) is 5. The van der Waals surface area contributed by atoms with E-state index in [9.17, 15) is 0 Å². The first-order chi connectivity index (χ1) is 8.90. The maximum Gasteiger partial charge on any atom is 0.243 e. The van der Waals surface area contributed by atoms with Crippen molar-refractivity contribution in [3.05, 3.63) is 29.8 Å². The van der Waals surface area contributed by atoms with Crippen LogP contribution in [0.3, 0.4) is 0 Å². The topological polar surface area (TPSA) is 64.9 Å². The molecule has 0 saturated carbocycles. The SMILES string of the molecule is CCOc1ccccc1C1CCNc2nnnn21. The quantitative estimate of drug-likeness (QED) is 0.887. The van der Waals surface area contributed by atoms with Gasteiger partial charge < -0.3 is 10.1 Å². The zero-order valence-corrected chi connectivity index (χ0v) is 10.2. The number of aromatic nitrogens is 4. The Morgan fingerprint density at radius 1 is 1.44 bits per heavy atom. The van der Waals surface area contributed by atoms with E-state index in [4.69, 9.17) is 4.74 Å². The Balaban J connectivity index is 2.02. The van der Waals surface area contributed by atoms with E-state index in [2.05, 4.69) is 26.9 Å². The molecule has 0 amide bonds. The minimum Gasteiger partial charge on any atom is -0.494 e. The average Bonchev–Trinajstić information content (AvgIpc) is 2.88. The third-order valence-corrected chi connectivity index (χ3v) is 3.07. The molecule has 94 valence electrons. The lowest BCUT2D eigenvalue weighted by Gasteiger charge is -2.25. The molecule has 1 aromatic heterocycles. The van der Waals surface area contributed by atoms with Crippen molar-refractivity contribution in [1.29, 1.82) is 0 Å². The van der Waals surface area contributed by atoms with E-state index in [1.807, 2.05) is 29.8 Å². The van der Waals surface area contributed by atoms with E-state index in [0.717, 1.165) is 30.2 Å². The van der Waals surface area contributed by atoms with Crippen LogP contribution in [0.4, 0.5) is 5.95 Å². The normalized spacial score (nSPS) is 17.9. The number of fused-ring (bicyclic) bond motifs is 1. The van der Waals surface area contributed by atoms with Crippen LogP contribution in [0.5, 0.6) is 5.75 Å². The van der Waals surface area contributed by atoms with Crippen LogP contribution < -0.4 is 10.1 Å². The largest absolute Gasteiger partial charge is 0.494 e. The van der Waals surface area contributed by atoms with Gasteiger partial charge in [-0.05, 0) is 29.8 Å². The molecule has 18 heavy (non-hydrogen) atoms. The van der Waals surface area contributed by atoms with Crippen LogP contribution in [0, 0.1) is 0 Å². The zero-order chi connectivity index (χ0) is 12.4. The van der Waals surface area contributed by atoms with Crippen molar-refractivity contribution in [3.63, 3.8) is 0 Å². The summed E-state index contributed by atoms with van der Waals surface area (Å²) in [5.74, 6) is 1.63. The smallest absolute Gasteiger partial charge is 0.243 e. The van der Waals surface area contributed by atoms with Crippen LogP contribution in [-0.4, -0.2) is 33.4 Å². The molecule has 2 heterocycles. The molecule has 1 aromatic carbocycles. The summed E-state index contributed by atoms with van der Waals surface area (Å²) in [4.78, 5) is 0. The monoisotopic (exact) mass is 245 g/mol. The molecule has 1 aliphatic heterocycles. The van der Waals surface area contributed by atoms with Gasteiger partial charge in [-0.1, -0.05) is 23.3 Å². The average molecular weight is 245 g/mol. The van der Waals surface area contributed by atoms with E-state index in [1.165, 1.54) is 0 Å². The van der Waals surface area contributed by atoms with Gasteiger partial charge in [-0.15, -0.1) is 0 Å². The maximum atomic E-state index is 5.68. The Morgan fingerprint density at radius 2 is 2.33 bits per heavy atom. The number of rotatable bonds is 3. The summed E-state index contributed by atoms with van der Waals surface area (Å²) < 4.78 is 7.50. The number of nitrogens with zero attached hydrogens (tertiary/aromatic N) is 4. The van der Waals surface area contributed by atoms with E-state index in [0.29, 0.717) is 6.61 Å². The third kappa shape index (κ3) is 1.79. The number of anilines is 1. The molecular formula is C12H15N5O. The summed E-state index contributed by atoms with van der Waals surface area (Å²) in [7, 11) is 0. The first-order valence-corrected chi connectivity index (χ1v) is 6.13. The van der Waals surface area contributed by atoms with Gasteiger partial charge in [-0.25, -0.2) is 4.68 Å². The maximum absolute atomic E-state index is 5.68. The van der Waals surface area contributed by atoms with Crippen LogP contribution in [0.15, 0.2) is 24.3 Å². The third-order valence-electron chi connectivity index (χ3n) is 3.07. The number of hydrogen-bond donors (Lipinski definition) is 1. The predicted octanol–water partition coefficient (Wildman–Crippen LogP) is 1.48. The molecule has 1 atom stereocenters. The number of nitrogens with one attached hydrogen (secondary N) is 1. The molecule has 0 radical (unpaired) electrons. The fourth-order valence-corrected chi connectivity index (χ4v) is 2.29. The summed E-state index contributed by atoms with van der Waals surface area (Å²) in [6, 6.07) is 8.20. The molecule has 0 spiro atoms. The standard InChI is InChI=1S/C12H15N5O/c1-2-18-11-6-4-3-5-9(11)10-7-8-13-12-14-15-16-17(10)12/h3-6,10H,2,7-8H2,1H3,(H,13,14,16). The van der Waals surface area contributed by atoms with Crippen molar-refractivity contribution in [1.82, 2.24) is 20.2 Å². The highest BCUT2D eigenvalue weighted by Crippen LogP contribution is 2.33. The first kappa shape index (κ1) is 11.0. The molecular weight excluding hydrogens is 230 g/mol. The van der Waals surface area contributed by atoms with Crippen molar-refractivity contribution in [2.75, 3.05) is 18.5 Å². The van der Waals surface area contributed by atoms with Gasteiger partial charge in [-0.2, -0.15) is 0 Å². The molecule has 2 aromatic rings. The molecule has 0 saturated heterocycles. The van der Waals surface area contributed by atoms with Gasteiger partial charge in [-0.3, -0.25) is 0 Å². The van der Waals surface area contributed by atoms with Crippen molar-refractivity contribution in [3.8, 4) is 5.75 Å². The number of tetrazole rings is 1. The first-order valence-electron chi connectivity index (χ1n) is 6.13. The Hall–Kier alpha value is -2.11. The van der Waals surface area contributed by atoms with Crippen molar-refractivity contribution in [2.45, 2.75) is 19.4 Å². The summed E-state index contributed by atoms with van der Waals surface area (Å²) in [5.41, 5.74) is 1.13. The fourth-order valence-electron chi connectivity index (χ4n) is 2.29. The van der Waals surface area contributed by atoms with Gasteiger partial charge >= 0.3 is 0 Å². The van der Waals surface area contributed by atoms with Crippen molar-refractivity contribution >= 4 is 5.95 Å². The number of para-hydroxylation sites is 1. The van der Waals surface area contributed by atoms with E-state index >= 15 is 0 Å². The Bertz CT molecular complexity index is 539. The second-order valence-electron chi connectivity index (χ2n) is 4.15. The van der Waals surface area contributed by atoms with Crippen LogP contribution >= 0.6 is 0 Å². The Morgan fingerprint density at radius 3 is 3.22 bits per heavy atom. The van der Waals surface area contributed by atoms with Crippen LogP contribution in [-0.2, 0) is 0 Å². The summed E-state index contributed by atoms with van der Waals surface area (Å²) in [5, 5.41) is 14.9. The Kier molecular flexibility index (Phi) is 2.84. The second kappa shape index (κ2) is 4.64. The summed E-state index contributed by atoms with van der Waals surface area (Å²) in [6.45, 7) is 3.51. The van der Waals surface area contributed by atoms with Gasteiger partial charge in [0.25, 0.3) is 0 Å². The predicted molar refractivity (Wildman–Crippen MR) is 66.7 cm³/mol. The van der Waals surface area contributed by atoms with Crippen LogP contribution in [0.25, 0.3) is 0 Å². The van der Waals surface area contributed by atoms with E-state index < -0.39 is 0 Å². The minimum absolute atomic E-state index is 0.138. The Labute approximate surface area is 105 Å². The molecule has 1 aliphatic rings. The molecule has 6 nitrogen and oxygen atoms in total. The van der Waals surface area contributed by atoms with Crippen molar-refractivity contribution in [2.24, 2.45) is 0 Å². The number of ether oxygens (including phenoxy) is 1. The molecule has 1 N–H and O–H groups in total. The van der Waals surface area contributed by atoms with Crippen LogP contribution in [0.2, 0.25) is 0 Å². The highest BCUT2D eigenvalue weighted by Gasteiger charge is 2.25. The molecule has 1 unspecified atom stereocenters. The summed E-state index contributed by atoms with van der Waals surface area (Å²) in [6.07, 6.45) is 0.947. The highest BCUT2D eigenvalue weighted by atomic mass is 16.5. The molecule has 0 aliphatic carbocycles. The lowest BCUT2D eigenvalue weighted by atomic mass is 10.0. The fraction of sp³-hybridized carbons (Fsp3) is 0.417. The number of benzene rings is 1. The molecule has 3 rings (SSSR count). The van der Waals surface area contributed by atoms with Crippen molar-refractivity contribution < 1.29 is 4.74 Å². The van der Waals surface area contributed by atoms with Gasteiger partial charge in [0.15, 0.2) is 0 Å². The lowest BCUT2D eigenvalue weighted by Crippen LogP contribution is -2.25. The van der Waals surface area contributed by atoms with Crippen LogP contribution in [0.1, 0.15) is 24.9 Å². The van der Waals surface area contributed by atoms with Gasteiger partial charge in [0.1, 0.15) is 5.75 Å². The van der Waals surface area contributed by atoms with Gasteiger partial charge in [0.2, 0.25) is 5.95 Å². The zero-order valence-electron chi connectivity index (χ0n) is 10.2. The highest BCUT2D eigenvalue weighted by molar-refractivity contribution is 5.39. The molecule has 0 bridgehead atoms. The summed E-state index contributed by atoms with van der Waals surface area (Å²) >= 11 is 0. The van der Waals surface area contributed by atoms with E-state index in [-0.39, 0.29) is 6.04 Å². The molecule has 0 fully saturated rings. The second-order valence-corrected chi connectivity index (χ2v) is 4.15. The minimum atomic E-state index is 0.138. The van der Waals surface area contributed by atoms with Gasteiger partial charge in [0, 0.05) is 12.1 Å².